The first-order valence-corrected chi connectivity index (χ1v) is 7.66. The zero-order chi connectivity index (χ0) is 15.7. The number of hydrogen-bond acceptors (Lipinski definition) is 5. The molecule has 2 aliphatic rings. The van der Waals surface area contributed by atoms with Gasteiger partial charge in [0, 0.05) is 38.1 Å². The number of likely N-dealkylation sites (N-methyl/N-ethyl adjacent to an activating group) is 1. The van der Waals surface area contributed by atoms with Crippen molar-refractivity contribution in [2.75, 3.05) is 33.2 Å². The van der Waals surface area contributed by atoms with Crippen molar-refractivity contribution >= 4 is 11.8 Å². The molecule has 0 aromatic carbocycles. The van der Waals surface area contributed by atoms with E-state index in [0.717, 1.165) is 19.4 Å². The number of hydrogen-bond donors (Lipinski definition) is 2. The van der Waals surface area contributed by atoms with Crippen molar-refractivity contribution in [2.24, 2.45) is 0 Å². The molecule has 1 aromatic heterocycles. The van der Waals surface area contributed by atoms with E-state index in [2.05, 4.69) is 32.7 Å². The largest absolute Gasteiger partial charge is 0.356 e. The molecule has 0 aliphatic carbocycles. The maximum absolute atomic E-state index is 12.7. The van der Waals surface area contributed by atoms with Crippen molar-refractivity contribution in [3.05, 3.63) is 11.4 Å². The highest BCUT2D eigenvalue weighted by molar-refractivity contribution is 5.93. The lowest BCUT2D eigenvalue weighted by Gasteiger charge is -2.49. The molecule has 22 heavy (non-hydrogen) atoms. The minimum Gasteiger partial charge on any atom is -0.356 e. The lowest BCUT2D eigenvalue weighted by atomic mass is 9.86. The Kier molecular flexibility index (Phi) is 3.86. The Morgan fingerprint density at radius 3 is 2.82 bits per heavy atom. The first-order valence-electron chi connectivity index (χ1n) is 7.66. The van der Waals surface area contributed by atoms with Crippen molar-refractivity contribution in [1.82, 2.24) is 30.5 Å². The number of amides is 2. The molecule has 3 rings (SSSR count). The van der Waals surface area contributed by atoms with Gasteiger partial charge in [0.2, 0.25) is 5.91 Å². The number of nitrogens with one attached hydrogen (secondary N) is 2. The van der Waals surface area contributed by atoms with Crippen LogP contribution < -0.4 is 5.32 Å². The predicted molar refractivity (Wildman–Crippen MR) is 79.2 cm³/mol. The SMILES string of the molecule is Cc1n[nH]nc1C(=O)N1CCN(C)[C@@]2(CCNC(=O)CC2)C1. The van der Waals surface area contributed by atoms with Crippen LogP contribution in [0.3, 0.4) is 0 Å². The molecule has 3 heterocycles. The summed E-state index contributed by atoms with van der Waals surface area (Å²) >= 11 is 0. The molecule has 0 saturated carbocycles. The Bertz CT molecular complexity index is 586. The third-order valence-electron chi connectivity index (χ3n) is 4.94. The van der Waals surface area contributed by atoms with Gasteiger partial charge in [-0.1, -0.05) is 0 Å². The summed E-state index contributed by atoms with van der Waals surface area (Å²) in [6.07, 6.45) is 2.14. The normalized spacial score (nSPS) is 26.8. The van der Waals surface area contributed by atoms with Crippen molar-refractivity contribution < 1.29 is 9.59 Å². The van der Waals surface area contributed by atoms with Crippen LogP contribution in [0.1, 0.15) is 35.4 Å². The smallest absolute Gasteiger partial charge is 0.276 e. The number of carbonyl (C=O) groups excluding carboxylic acids is 2. The van der Waals surface area contributed by atoms with Gasteiger partial charge in [0.1, 0.15) is 0 Å². The van der Waals surface area contributed by atoms with Crippen LogP contribution in [0.4, 0.5) is 0 Å². The van der Waals surface area contributed by atoms with Gasteiger partial charge in [-0.2, -0.15) is 15.4 Å². The Morgan fingerprint density at radius 2 is 2.09 bits per heavy atom. The molecular formula is C14H22N6O2. The zero-order valence-electron chi connectivity index (χ0n) is 13.1. The maximum Gasteiger partial charge on any atom is 0.276 e. The molecule has 8 heteroatoms. The minimum atomic E-state index is -0.134. The van der Waals surface area contributed by atoms with Crippen molar-refractivity contribution in [2.45, 2.75) is 31.7 Å². The Hall–Kier alpha value is -1.96. The molecule has 1 aromatic rings. The second-order valence-electron chi connectivity index (χ2n) is 6.23. The van der Waals surface area contributed by atoms with Crippen LogP contribution in [0.5, 0.6) is 0 Å². The lowest BCUT2D eigenvalue weighted by Crippen LogP contribution is -2.62. The van der Waals surface area contributed by atoms with Crippen LogP contribution in [0.15, 0.2) is 0 Å². The van der Waals surface area contributed by atoms with Gasteiger partial charge in [-0.25, -0.2) is 0 Å². The summed E-state index contributed by atoms with van der Waals surface area (Å²) in [5.74, 6) is 0.0170. The van der Waals surface area contributed by atoms with E-state index in [9.17, 15) is 9.59 Å². The van der Waals surface area contributed by atoms with Crippen molar-refractivity contribution in [3.8, 4) is 0 Å². The Balaban J connectivity index is 1.80. The van der Waals surface area contributed by atoms with Crippen molar-refractivity contribution in [3.63, 3.8) is 0 Å². The highest BCUT2D eigenvalue weighted by atomic mass is 16.2. The van der Waals surface area contributed by atoms with Gasteiger partial charge >= 0.3 is 0 Å². The van der Waals surface area contributed by atoms with E-state index in [1.54, 1.807) is 6.92 Å². The first-order chi connectivity index (χ1) is 10.5. The van der Waals surface area contributed by atoms with E-state index < -0.39 is 0 Å². The second-order valence-corrected chi connectivity index (χ2v) is 6.23. The van der Waals surface area contributed by atoms with Gasteiger partial charge in [-0.3, -0.25) is 14.5 Å². The summed E-state index contributed by atoms with van der Waals surface area (Å²) in [4.78, 5) is 28.4. The first kappa shape index (κ1) is 15.0. The third kappa shape index (κ3) is 2.58. The average molecular weight is 306 g/mol. The van der Waals surface area contributed by atoms with E-state index >= 15 is 0 Å². The van der Waals surface area contributed by atoms with Gasteiger partial charge < -0.3 is 10.2 Å². The topological polar surface area (TPSA) is 94.2 Å². The van der Waals surface area contributed by atoms with Crippen LogP contribution in [0, 0.1) is 6.92 Å². The number of aromatic amines is 1. The Morgan fingerprint density at radius 1 is 1.27 bits per heavy atom. The van der Waals surface area contributed by atoms with Gasteiger partial charge in [-0.05, 0) is 26.8 Å². The number of nitrogens with zero attached hydrogens (tertiary/aromatic N) is 4. The number of rotatable bonds is 1. The summed E-state index contributed by atoms with van der Waals surface area (Å²) < 4.78 is 0. The van der Waals surface area contributed by atoms with Crippen LogP contribution in [-0.2, 0) is 4.79 Å². The monoisotopic (exact) mass is 306 g/mol. The molecule has 2 fully saturated rings. The van der Waals surface area contributed by atoms with Gasteiger partial charge in [0.05, 0.1) is 5.69 Å². The molecule has 0 radical (unpaired) electrons. The standard InChI is InChI=1S/C14H22N6O2/c1-10-12(17-18-16-10)13(22)20-8-7-19(2)14(9-20)4-3-11(21)15-6-5-14/h3-9H2,1-2H3,(H,15,21)(H,16,17,18)/t14-/m0/s1. The molecule has 1 atom stereocenters. The molecule has 0 unspecified atom stereocenters. The lowest BCUT2D eigenvalue weighted by molar-refractivity contribution is -0.121. The minimum absolute atomic E-state index is 0.0812. The molecule has 2 N–H and O–H groups in total. The highest BCUT2D eigenvalue weighted by Crippen LogP contribution is 2.30. The molecule has 8 nitrogen and oxygen atoms in total. The fourth-order valence-electron chi connectivity index (χ4n) is 3.41. The van der Waals surface area contributed by atoms with E-state index in [1.165, 1.54) is 0 Å². The van der Waals surface area contributed by atoms with Crippen LogP contribution in [-0.4, -0.2) is 75.8 Å². The molecule has 1 spiro atoms. The summed E-state index contributed by atoms with van der Waals surface area (Å²) in [6, 6.07) is 0. The molecule has 120 valence electrons. The Labute approximate surface area is 129 Å². The molecule has 2 saturated heterocycles. The predicted octanol–water partition coefficient (Wildman–Crippen LogP) is -0.460. The van der Waals surface area contributed by atoms with Gasteiger partial charge in [-0.15, -0.1) is 0 Å². The number of piperazine rings is 1. The number of H-pyrrole nitrogens is 1. The quantitative estimate of drug-likeness (QED) is 0.732. The number of aryl methyl sites for hydroxylation is 1. The number of aromatic nitrogens is 3. The van der Waals surface area contributed by atoms with Gasteiger partial charge in [0.15, 0.2) is 5.69 Å². The number of carbonyl (C=O) groups is 2. The van der Waals surface area contributed by atoms with Crippen LogP contribution in [0.2, 0.25) is 0 Å². The van der Waals surface area contributed by atoms with E-state index in [1.807, 2.05) is 4.90 Å². The van der Waals surface area contributed by atoms with Crippen LogP contribution in [0.25, 0.3) is 0 Å². The summed E-state index contributed by atoms with van der Waals surface area (Å²) in [7, 11) is 2.08. The van der Waals surface area contributed by atoms with E-state index in [4.69, 9.17) is 0 Å². The van der Waals surface area contributed by atoms with E-state index in [0.29, 0.717) is 37.4 Å². The summed E-state index contributed by atoms with van der Waals surface area (Å²) in [5, 5.41) is 13.3. The second kappa shape index (κ2) is 5.68. The summed E-state index contributed by atoms with van der Waals surface area (Å²) in [5.41, 5.74) is 0.878. The molecule has 0 bridgehead atoms. The van der Waals surface area contributed by atoms with Gasteiger partial charge in [0.25, 0.3) is 5.91 Å². The zero-order valence-corrected chi connectivity index (χ0v) is 13.1. The average Bonchev–Trinajstić information content (AvgIpc) is 2.84. The summed E-state index contributed by atoms with van der Waals surface area (Å²) in [6.45, 7) is 4.54. The molecule has 2 amide bonds. The fourth-order valence-corrected chi connectivity index (χ4v) is 3.41. The van der Waals surface area contributed by atoms with E-state index in [-0.39, 0.29) is 17.4 Å². The maximum atomic E-state index is 12.7. The third-order valence-corrected chi connectivity index (χ3v) is 4.94. The highest BCUT2D eigenvalue weighted by Gasteiger charge is 2.42. The van der Waals surface area contributed by atoms with Crippen LogP contribution >= 0.6 is 0 Å². The molecular weight excluding hydrogens is 284 g/mol. The molecule has 2 aliphatic heterocycles. The van der Waals surface area contributed by atoms with Crippen molar-refractivity contribution in [1.29, 1.82) is 0 Å². The fraction of sp³-hybridized carbons (Fsp3) is 0.714.